The molecule has 134 valence electrons. The van der Waals surface area contributed by atoms with Gasteiger partial charge >= 0.3 is 5.97 Å². The van der Waals surface area contributed by atoms with Gasteiger partial charge in [0, 0.05) is 0 Å². The fraction of sp³-hybridized carbons (Fsp3) is 0.435. The van der Waals surface area contributed by atoms with Gasteiger partial charge in [0.05, 0.1) is 5.92 Å². The standard InChI is InChI=1S/C23H30O2/c1-3-4-5-6-7-8-13-19-14-9-10-16-21(19)22-17-12-11-15-20(22)18(2)23(24)25/h9-12,14-18H,3-8,13H2,1-2H3,(H,24,25). The van der Waals surface area contributed by atoms with Crippen LogP contribution in [0, 0.1) is 0 Å². The number of hydrogen-bond acceptors (Lipinski definition) is 1. The Morgan fingerprint density at radius 2 is 1.48 bits per heavy atom. The fourth-order valence-electron chi connectivity index (χ4n) is 3.35. The maximum absolute atomic E-state index is 11.5. The number of aryl methyl sites for hydroxylation is 1. The molecule has 0 saturated heterocycles. The summed E-state index contributed by atoms with van der Waals surface area (Å²) in [6, 6.07) is 16.3. The van der Waals surface area contributed by atoms with E-state index in [4.69, 9.17) is 0 Å². The quantitative estimate of drug-likeness (QED) is 0.506. The van der Waals surface area contributed by atoms with Crippen LogP contribution < -0.4 is 0 Å². The van der Waals surface area contributed by atoms with Crippen LogP contribution >= 0.6 is 0 Å². The lowest BCUT2D eigenvalue weighted by Gasteiger charge is -2.16. The highest BCUT2D eigenvalue weighted by molar-refractivity contribution is 5.81. The van der Waals surface area contributed by atoms with E-state index in [0.29, 0.717) is 0 Å². The zero-order valence-corrected chi connectivity index (χ0v) is 15.5. The van der Waals surface area contributed by atoms with Gasteiger partial charge in [-0.1, -0.05) is 87.6 Å². The van der Waals surface area contributed by atoms with Crippen molar-refractivity contribution in [1.29, 1.82) is 0 Å². The minimum absolute atomic E-state index is 0.502. The van der Waals surface area contributed by atoms with Gasteiger partial charge in [0.2, 0.25) is 0 Å². The molecule has 0 heterocycles. The van der Waals surface area contributed by atoms with Crippen molar-refractivity contribution in [1.82, 2.24) is 0 Å². The first-order valence-electron chi connectivity index (χ1n) is 9.55. The summed E-state index contributed by atoms with van der Waals surface area (Å²) >= 11 is 0. The molecule has 0 radical (unpaired) electrons. The monoisotopic (exact) mass is 338 g/mol. The normalized spacial score (nSPS) is 12.1. The summed E-state index contributed by atoms with van der Waals surface area (Å²) in [5.41, 5.74) is 4.45. The molecule has 2 rings (SSSR count). The van der Waals surface area contributed by atoms with Crippen molar-refractivity contribution in [2.45, 2.75) is 64.7 Å². The molecule has 2 aromatic rings. The maximum Gasteiger partial charge on any atom is 0.310 e. The molecular formula is C23H30O2. The minimum atomic E-state index is -0.777. The largest absolute Gasteiger partial charge is 0.481 e. The molecule has 2 nitrogen and oxygen atoms in total. The molecule has 0 aliphatic rings. The van der Waals surface area contributed by atoms with Gasteiger partial charge in [0.15, 0.2) is 0 Å². The highest BCUT2D eigenvalue weighted by Gasteiger charge is 2.18. The summed E-state index contributed by atoms with van der Waals surface area (Å²) < 4.78 is 0. The van der Waals surface area contributed by atoms with E-state index in [1.54, 1.807) is 6.92 Å². The number of carbonyl (C=O) groups is 1. The van der Waals surface area contributed by atoms with Crippen LogP contribution in [0.1, 0.15) is 69.4 Å². The molecule has 0 saturated carbocycles. The van der Waals surface area contributed by atoms with E-state index in [1.165, 1.54) is 49.7 Å². The molecule has 25 heavy (non-hydrogen) atoms. The predicted molar refractivity (Wildman–Crippen MR) is 105 cm³/mol. The summed E-state index contributed by atoms with van der Waals surface area (Å²) in [6.45, 7) is 4.00. The maximum atomic E-state index is 11.5. The highest BCUT2D eigenvalue weighted by atomic mass is 16.4. The SMILES string of the molecule is CCCCCCCCc1ccccc1-c1ccccc1C(C)C(=O)O. The van der Waals surface area contributed by atoms with Crippen LogP contribution in [0.5, 0.6) is 0 Å². The van der Waals surface area contributed by atoms with Gasteiger partial charge in [0.25, 0.3) is 0 Å². The summed E-state index contributed by atoms with van der Waals surface area (Å²) in [5, 5.41) is 9.42. The molecule has 0 aliphatic heterocycles. The molecule has 1 atom stereocenters. The van der Waals surface area contributed by atoms with Crippen molar-refractivity contribution < 1.29 is 9.90 Å². The Morgan fingerprint density at radius 1 is 0.880 bits per heavy atom. The first-order valence-corrected chi connectivity index (χ1v) is 9.55. The smallest absolute Gasteiger partial charge is 0.310 e. The summed E-state index contributed by atoms with van der Waals surface area (Å²) in [7, 11) is 0. The lowest BCUT2D eigenvalue weighted by Crippen LogP contribution is -2.09. The van der Waals surface area contributed by atoms with Gasteiger partial charge in [-0.05, 0) is 42.0 Å². The topological polar surface area (TPSA) is 37.3 Å². The molecule has 0 bridgehead atoms. The second-order valence-corrected chi connectivity index (χ2v) is 6.82. The first kappa shape index (κ1) is 19.2. The van der Waals surface area contributed by atoms with Crippen LogP contribution in [-0.4, -0.2) is 11.1 Å². The molecular weight excluding hydrogens is 308 g/mol. The third-order valence-electron chi connectivity index (χ3n) is 4.90. The molecule has 0 amide bonds. The van der Waals surface area contributed by atoms with Crippen molar-refractivity contribution in [2.24, 2.45) is 0 Å². The molecule has 0 aromatic heterocycles. The molecule has 0 fully saturated rings. The van der Waals surface area contributed by atoms with Crippen molar-refractivity contribution >= 4 is 5.97 Å². The predicted octanol–water partition coefficient (Wildman–Crippen LogP) is 6.44. The number of rotatable bonds is 10. The van der Waals surface area contributed by atoms with Gasteiger partial charge in [-0.2, -0.15) is 0 Å². The van der Waals surface area contributed by atoms with Gasteiger partial charge < -0.3 is 5.11 Å². The minimum Gasteiger partial charge on any atom is -0.481 e. The summed E-state index contributed by atoms with van der Waals surface area (Å²) in [4.78, 5) is 11.5. The Labute approximate surface area is 151 Å². The van der Waals surface area contributed by atoms with Crippen LogP contribution in [0.15, 0.2) is 48.5 Å². The van der Waals surface area contributed by atoms with Crippen molar-refractivity contribution in [3.05, 3.63) is 59.7 Å². The van der Waals surface area contributed by atoms with E-state index in [2.05, 4.69) is 31.2 Å². The summed E-state index contributed by atoms with van der Waals surface area (Å²) in [5.74, 6) is -1.28. The second-order valence-electron chi connectivity index (χ2n) is 6.82. The molecule has 1 unspecified atom stereocenters. The van der Waals surface area contributed by atoms with Gasteiger partial charge in [-0.3, -0.25) is 4.79 Å². The average Bonchev–Trinajstić information content (AvgIpc) is 2.64. The van der Waals surface area contributed by atoms with E-state index in [9.17, 15) is 9.90 Å². The van der Waals surface area contributed by atoms with Crippen LogP contribution in [0.3, 0.4) is 0 Å². The van der Waals surface area contributed by atoms with Crippen molar-refractivity contribution in [3.8, 4) is 11.1 Å². The highest BCUT2D eigenvalue weighted by Crippen LogP contribution is 2.32. The molecule has 0 aliphatic carbocycles. The Hall–Kier alpha value is -2.09. The zero-order chi connectivity index (χ0) is 18.1. The molecule has 0 spiro atoms. The number of unbranched alkanes of at least 4 members (excludes halogenated alkanes) is 5. The number of carboxylic acid groups (broad SMARTS) is 1. The van der Waals surface area contributed by atoms with Gasteiger partial charge in [-0.15, -0.1) is 0 Å². The first-order chi connectivity index (χ1) is 12.1. The van der Waals surface area contributed by atoms with Gasteiger partial charge in [0.1, 0.15) is 0 Å². The van der Waals surface area contributed by atoms with Crippen LogP contribution in [0.4, 0.5) is 0 Å². The Morgan fingerprint density at radius 3 is 2.20 bits per heavy atom. The number of aliphatic carboxylic acids is 1. The Kier molecular flexibility index (Phi) is 7.72. The Balaban J connectivity index is 2.17. The van der Waals surface area contributed by atoms with E-state index in [0.717, 1.165) is 17.5 Å². The van der Waals surface area contributed by atoms with Gasteiger partial charge in [-0.25, -0.2) is 0 Å². The summed E-state index contributed by atoms with van der Waals surface area (Å²) in [6.07, 6.45) is 8.76. The van der Waals surface area contributed by atoms with E-state index < -0.39 is 11.9 Å². The van der Waals surface area contributed by atoms with Crippen molar-refractivity contribution in [2.75, 3.05) is 0 Å². The van der Waals surface area contributed by atoms with E-state index in [-0.39, 0.29) is 0 Å². The number of benzene rings is 2. The zero-order valence-electron chi connectivity index (χ0n) is 15.5. The number of hydrogen-bond donors (Lipinski definition) is 1. The van der Waals surface area contributed by atoms with Crippen molar-refractivity contribution in [3.63, 3.8) is 0 Å². The third kappa shape index (κ3) is 5.45. The van der Waals surface area contributed by atoms with Crippen LogP contribution in [-0.2, 0) is 11.2 Å². The lowest BCUT2D eigenvalue weighted by molar-refractivity contribution is -0.138. The van der Waals surface area contributed by atoms with Crippen LogP contribution in [0.2, 0.25) is 0 Å². The second kappa shape index (κ2) is 10.0. The van der Waals surface area contributed by atoms with Crippen LogP contribution in [0.25, 0.3) is 11.1 Å². The number of carboxylic acids is 1. The van der Waals surface area contributed by atoms with E-state index >= 15 is 0 Å². The molecule has 2 heteroatoms. The molecule has 2 aromatic carbocycles. The average molecular weight is 338 g/mol. The fourth-order valence-corrected chi connectivity index (χ4v) is 3.35. The lowest BCUT2D eigenvalue weighted by atomic mass is 9.88. The molecule has 1 N–H and O–H groups in total. The third-order valence-corrected chi connectivity index (χ3v) is 4.90. The Bertz CT molecular complexity index is 675. The van der Waals surface area contributed by atoms with E-state index in [1.807, 2.05) is 24.3 Å².